The number of aromatic amines is 1. The zero-order valence-electron chi connectivity index (χ0n) is 31.0. The normalized spacial score (nSPS) is 18.3. The smallest absolute Gasteiger partial charge is 0.411 e. The number of pyridine rings is 1. The van der Waals surface area contributed by atoms with E-state index in [1.165, 1.54) is 0 Å². The predicted molar refractivity (Wildman–Crippen MR) is 198 cm³/mol. The Morgan fingerprint density at radius 2 is 1.78 bits per heavy atom. The van der Waals surface area contributed by atoms with Crippen molar-refractivity contribution in [3.05, 3.63) is 80.3 Å². The van der Waals surface area contributed by atoms with Crippen molar-refractivity contribution in [1.29, 1.82) is 0 Å². The molecule has 1 unspecified atom stereocenters. The average Bonchev–Trinajstić information content (AvgIpc) is 3.33. The highest BCUT2D eigenvalue weighted by molar-refractivity contribution is 6.07. The van der Waals surface area contributed by atoms with Crippen LogP contribution in [-0.4, -0.2) is 65.9 Å². The van der Waals surface area contributed by atoms with E-state index in [9.17, 15) is 19.2 Å². The van der Waals surface area contributed by atoms with Gasteiger partial charge in [-0.05, 0) is 133 Å². The summed E-state index contributed by atoms with van der Waals surface area (Å²) < 4.78 is 11.4. The van der Waals surface area contributed by atoms with Crippen LogP contribution < -0.4 is 21.1 Å². The molecule has 3 amide bonds. The quantitative estimate of drug-likeness (QED) is 0.258. The van der Waals surface area contributed by atoms with Crippen molar-refractivity contribution in [3.8, 4) is 11.1 Å². The largest absolute Gasteiger partial charge is 0.444 e. The molecule has 272 valence electrons. The number of anilines is 2. The molecule has 3 aromatic rings. The van der Waals surface area contributed by atoms with Crippen LogP contribution in [0.3, 0.4) is 0 Å². The number of H-pyrrole nitrogens is 1. The number of carbonyl (C=O) groups is 3. The summed E-state index contributed by atoms with van der Waals surface area (Å²) in [4.78, 5) is 60.6. The molecule has 1 spiro atoms. The summed E-state index contributed by atoms with van der Waals surface area (Å²) in [6, 6.07) is 11.9. The van der Waals surface area contributed by atoms with Crippen molar-refractivity contribution in [2.75, 3.05) is 36.5 Å². The van der Waals surface area contributed by atoms with Crippen molar-refractivity contribution in [2.24, 2.45) is 0 Å². The first kappa shape index (κ1) is 36.2. The molecule has 51 heavy (non-hydrogen) atoms. The average molecular weight is 698 g/mol. The standard InChI is InChI=1S/C40H51N5O6/c1-8-44(34-11-9-10-16-45(34)38(49)51-39(5,6)7)33-22-28(27-12-13-31-32(21-27)43-37(48)40(31)14-17-50-18-15-40)20-29(26(33)4)35(46)41-23-30-24(2)19-25(3)42-36(30)47/h12-13,19-22,34H,8-11,14-18,23H2,1-7H3,(H,41,46)(H,42,47)(H,43,48). The van der Waals surface area contributed by atoms with Crippen LogP contribution in [-0.2, 0) is 26.2 Å². The van der Waals surface area contributed by atoms with E-state index in [-0.39, 0.29) is 36.2 Å². The summed E-state index contributed by atoms with van der Waals surface area (Å²) in [6.45, 7) is 15.6. The highest BCUT2D eigenvalue weighted by atomic mass is 16.6. The molecule has 11 heteroatoms. The van der Waals surface area contributed by atoms with E-state index in [0.29, 0.717) is 50.3 Å². The third-order valence-electron chi connectivity index (χ3n) is 10.6. The molecule has 11 nitrogen and oxygen atoms in total. The lowest BCUT2D eigenvalue weighted by atomic mass is 9.75. The lowest BCUT2D eigenvalue weighted by Crippen LogP contribution is -2.54. The SMILES string of the molecule is CCN(c1cc(-c2ccc3c(c2)NC(=O)C32CCOCC2)cc(C(=O)NCc2c(C)cc(C)[nH]c2=O)c1C)C1CCCCN1C(=O)OC(C)(C)C. The van der Waals surface area contributed by atoms with Gasteiger partial charge in [-0.25, -0.2) is 4.79 Å². The number of fused-ring (bicyclic) bond motifs is 2. The summed E-state index contributed by atoms with van der Waals surface area (Å²) >= 11 is 0. The summed E-state index contributed by atoms with van der Waals surface area (Å²) in [6.07, 6.45) is 3.23. The van der Waals surface area contributed by atoms with Crippen LogP contribution in [0.25, 0.3) is 11.1 Å². The number of hydrogen-bond donors (Lipinski definition) is 3. The number of ether oxygens (including phenoxy) is 2. The van der Waals surface area contributed by atoms with Crippen molar-refractivity contribution in [3.63, 3.8) is 0 Å². The lowest BCUT2D eigenvalue weighted by Gasteiger charge is -2.44. The van der Waals surface area contributed by atoms with Crippen molar-refractivity contribution in [1.82, 2.24) is 15.2 Å². The minimum Gasteiger partial charge on any atom is -0.444 e. The Kier molecular flexibility index (Phi) is 10.0. The maximum atomic E-state index is 14.1. The highest BCUT2D eigenvalue weighted by Gasteiger charge is 2.47. The number of carbonyl (C=O) groups excluding carboxylic acids is 3. The van der Waals surface area contributed by atoms with Crippen LogP contribution in [0, 0.1) is 20.8 Å². The predicted octanol–water partition coefficient (Wildman–Crippen LogP) is 6.47. The minimum atomic E-state index is -0.638. The van der Waals surface area contributed by atoms with E-state index < -0.39 is 11.0 Å². The van der Waals surface area contributed by atoms with Gasteiger partial charge in [0, 0.05) is 61.0 Å². The number of hydrogen-bond acceptors (Lipinski definition) is 7. The van der Waals surface area contributed by atoms with Gasteiger partial charge in [0.1, 0.15) is 11.8 Å². The van der Waals surface area contributed by atoms with E-state index in [1.807, 2.05) is 76.8 Å². The third-order valence-corrected chi connectivity index (χ3v) is 10.6. The lowest BCUT2D eigenvalue weighted by molar-refractivity contribution is -0.124. The first-order chi connectivity index (χ1) is 24.2. The number of aryl methyl sites for hydroxylation is 2. The topological polar surface area (TPSA) is 133 Å². The summed E-state index contributed by atoms with van der Waals surface area (Å²) in [7, 11) is 0. The highest BCUT2D eigenvalue weighted by Crippen LogP contribution is 2.46. The van der Waals surface area contributed by atoms with Crippen molar-refractivity contribution < 1.29 is 23.9 Å². The molecule has 1 atom stereocenters. The van der Waals surface area contributed by atoms with Gasteiger partial charge in [0.2, 0.25) is 5.91 Å². The summed E-state index contributed by atoms with van der Waals surface area (Å²) in [5, 5.41) is 6.14. The zero-order valence-corrected chi connectivity index (χ0v) is 31.0. The molecule has 0 radical (unpaired) electrons. The number of aromatic nitrogens is 1. The molecule has 3 aliphatic rings. The molecular formula is C40H51N5O6. The molecule has 0 saturated carbocycles. The second-order valence-corrected chi connectivity index (χ2v) is 15.1. The Morgan fingerprint density at radius 3 is 2.47 bits per heavy atom. The number of nitrogens with one attached hydrogen (secondary N) is 3. The van der Waals surface area contributed by atoms with Crippen LogP contribution >= 0.6 is 0 Å². The minimum absolute atomic E-state index is 0.000638. The zero-order chi connectivity index (χ0) is 36.7. The Morgan fingerprint density at radius 1 is 1.04 bits per heavy atom. The molecule has 0 bridgehead atoms. The Labute approximate surface area is 300 Å². The van der Waals surface area contributed by atoms with Gasteiger partial charge in [0.15, 0.2) is 0 Å². The van der Waals surface area contributed by atoms with Gasteiger partial charge in [-0.15, -0.1) is 0 Å². The van der Waals surface area contributed by atoms with Gasteiger partial charge in [0.25, 0.3) is 11.5 Å². The second kappa shape index (κ2) is 14.2. The fourth-order valence-electron chi connectivity index (χ4n) is 7.90. The van der Waals surface area contributed by atoms with Gasteiger partial charge in [-0.1, -0.05) is 12.1 Å². The molecule has 3 N–H and O–H groups in total. The Bertz CT molecular complexity index is 1900. The van der Waals surface area contributed by atoms with Crippen LogP contribution in [0.5, 0.6) is 0 Å². The number of nitrogens with zero attached hydrogens (tertiary/aromatic N) is 2. The molecule has 3 aliphatic heterocycles. The van der Waals surface area contributed by atoms with Crippen LogP contribution in [0.4, 0.5) is 16.2 Å². The second-order valence-electron chi connectivity index (χ2n) is 15.1. The van der Waals surface area contributed by atoms with Gasteiger partial charge >= 0.3 is 6.09 Å². The fraction of sp³-hybridized carbons (Fsp3) is 0.500. The number of rotatable bonds is 7. The molecule has 4 heterocycles. The van der Waals surface area contributed by atoms with Crippen LogP contribution in [0.15, 0.2) is 41.2 Å². The number of benzene rings is 2. The monoisotopic (exact) mass is 697 g/mol. The first-order valence-corrected chi connectivity index (χ1v) is 18.1. The third kappa shape index (κ3) is 7.13. The van der Waals surface area contributed by atoms with Gasteiger partial charge in [-0.3, -0.25) is 19.3 Å². The van der Waals surface area contributed by atoms with E-state index in [0.717, 1.165) is 64.1 Å². The summed E-state index contributed by atoms with van der Waals surface area (Å²) in [5.41, 5.74) is 6.08. The molecule has 2 aromatic carbocycles. The number of piperidine rings is 1. The maximum Gasteiger partial charge on any atom is 0.411 e. The number of likely N-dealkylation sites (tertiary alicyclic amines) is 1. The van der Waals surface area contributed by atoms with Crippen LogP contribution in [0.1, 0.15) is 98.1 Å². The van der Waals surface area contributed by atoms with Crippen molar-refractivity contribution >= 4 is 29.3 Å². The first-order valence-electron chi connectivity index (χ1n) is 18.1. The molecule has 2 saturated heterocycles. The molecule has 6 rings (SSSR count). The molecule has 0 aliphatic carbocycles. The van der Waals surface area contributed by atoms with Crippen molar-refractivity contribution in [2.45, 2.75) is 104 Å². The van der Waals surface area contributed by atoms with E-state index in [1.54, 1.807) is 0 Å². The molecule has 2 fully saturated rings. The molecular weight excluding hydrogens is 646 g/mol. The van der Waals surface area contributed by atoms with E-state index in [2.05, 4.69) is 33.5 Å². The van der Waals surface area contributed by atoms with Gasteiger partial charge < -0.3 is 30.0 Å². The van der Waals surface area contributed by atoms with E-state index >= 15 is 0 Å². The van der Waals surface area contributed by atoms with E-state index in [4.69, 9.17) is 9.47 Å². The molecule has 1 aromatic heterocycles. The van der Waals surface area contributed by atoms with Gasteiger partial charge in [0.05, 0.1) is 5.41 Å². The Hall–Kier alpha value is -4.64. The fourth-order valence-corrected chi connectivity index (χ4v) is 7.90. The Balaban J connectivity index is 1.42. The summed E-state index contributed by atoms with van der Waals surface area (Å²) in [5.74, 6) is -0.310. The van der Waals surface area contributed by atoms with Gasteiger partial charge in [-0.2, -0.15) is 0 Å². The number of amides is 3. The van der Waals surface area contributed by atoms with Crippen LogP contribution in [0.2, 0.25) is 0 Å². The maximum absolute atomic E-state index is 14.1.